The molecule has 0 aromatic carbocycles. The minimum Gasteiger partial charge on any atom is -1.00 e. The smallest absolute Gasteiger partial charge is 0.312 e. The van der Waals surface area contributed by atoms with Crippen molar-refractivity contribution in [2.75, 3.05) is 24.7 Å². The predicted molar refractivity (Wildman–Crippen MR) is 237 cm³/mol. The molecule has 4 aromatic heterocycles. The average molecular weight is 927 g/mol. The number of hydrogen-bond acceptors (Lipinski definition) is 12. The first-order chi connectivity index (χ1) is 28.8. The molecule has 0 unspecified atom stereocenters. The van der Waals surface area contributed by atoms with Gasteiger partial charge in [0.1, 0.15) is 23.3 Å². The number of nitrogens with zero attached hydrogens (tertiary/aromatic N) is 6. The van der Waals surface area contributed by atoms with E-state index < -0.39 is 0 Å². The number of hydrogen-bond donors (Lipinski definition) is 2. The number of anilines is 2. The van der Waals surface area contributed by atoms with E-state index in [1.165, 1.54) is 59.7 Å². The normalized spacial score (nSPS) is 28.4. The summed E-state index contributed by atoms with van der Waals surface area (Å²) in [5, 5.41) is 0. The molecular weight excluding hydrogens is 864 g/mol. The molecule has 8 fully saturated rings. The Hall–Kier alpha value is -3.46. The minimum atomic E-state index is -0.165. The molecule has 8 aliphatic rings. The van der Waals surface area contributed by atoms with E-state index in [9.17, 15) is 9.59 Å². The highest BCUT2D eigenvalue weighted by Gasteiger charge is 2.56. The van der Waals surface area contributed by atoms with Crippen LogP contribution < -0.4 is 33.0 Å². The van der Waals surface area contributed by atoms with E-state index in [1.807, 2.05) is 13.8 Å². The van der Waals surface area contributed by atoms with Gasteiger partial charge in [-0.3, -0.25) is 9.59 Å². The van der Waals surface area contributed by atoms with Gasteiger partial charge in [0.05, 0.1) is 44.9 Å². The zero-order valence-corrected chi connectivity index (χ0v) is 39.8. The van der Waals surface area contributed by atoms with Crippen molar-refractivity contribution in [3.63, 3.8) is 0 Å². The lowest BCUT2D eigenvalue weighted by atomic mass is 9.49. The maximum Gasteiger partial charge on any atom is 0.312 e. The summed E-state index contributed by atoms with van der Waals surface area (Å²) in [5.74, 6) is 7.18. The van der Waals surface area contributed by atoms with Crippen LogP contribution in [-0.2, 0) is 45.0 Å². The van der Waals surface area contributed by atoms with E-state index >= 15 is 0 Å². The van der Waals surface area contributed by atoms with Crippen molar-refractivity contribution in [1.29, 1.82) is 0 Å². The van der Waals surface area contributed by atoms with Gasteiger partial charge in [-0.25, -0.2) is 19.9 Å². The molecule has 4 N–H and O–H groups in total. The van der Waals surface area contributed by atoms with Crippen molar-refractivity contribution in [2.45, 2.75) is 131 Å². The summed E-state index contributed by atoms with van der Waals surface area (Å²) < 4.78 is 16.1. The van der Waals surface area contributed by atoms with Gasteiger partial charge in [0, 0.05) is 39.1 Å². The van der Waals surface area contributed by atoms with Crippen LogP contribution in [0.15, 0.2) is 23.4 Å². The molecule has 0 spiro atoms. The van der Waals surface area contributed by atoms with Gasteiger partial charge in [-0.2, -0.15) is 9.13 Å². The lowest BCUT2D eigenvalue weighted by Crippen LogP contribution is -3.00. The summed E-state index contributed by atoms with van der Waals surface area (Å²) in [5.41, 5.74) is 20.2. The molecule has 62 heavy (non-hydrogen) atoms. The Morgan fingerprint density at radius 1 is 0.629 bits per heavy atom. The second kappa shape index (κ2) is 18.9. The number of nitrogen functional groups attached to an aromatic ring is 2. The Labute approximate surface area is 386 Å². The van der Waals surface area contributed by atoms with Crippen LogP contribution in [0.5, 0.6) is 0 Å². The quantitative estimate of drug-likeness (QED) is 0.156. The fraction of sp³-hybridized carbons (Fsp3) is 0.652. The second-order valence-electron chi connectivity index (χ2n) is 19.5. The number of esters is 2. The molecule has 0 aliphatic heterocycles. The largest absolute Gasteiger partial charge is 1.00 e. The van der Waals surface area contributed by atoms with Crippen molar-refractivity contribution in [3.8, 4) is 0 Å². The molecular formula is C46H63Cl2N8O4S2+. The third-order valence-corrected chi connectivity index (χ3v) is 17.4. The first kappa shape index (κ1) is 46.5. The zero-order valence-electron chi connectivity index (χ0n) is 36.6. The molecule has 8 bridgehead atoms. The standard InChI is InChI=1S/2C23H31N4O2S.2ClH/c2*1-14-20(30-13-27(14)12-19-11-25-15(2)26-21(19)24)3-4-29-22(28)23-8-16-5-17(9-23)7-18(6-16)10-23;;/h2*11,13,16-18H,3-10,12H2,1-2H3,(H2,24,25,26);2*1H/q2*+1;;/p-1. The van der Waals surface area contributed by atoms with E-state index in [1.54, 1.807) is 35.1 Å². The lowest BCUT2D eigenvalue weighted by molar-refractivity contribution is -0.689. The number of aryl methyl sites for hydroxylation is 2. The van der Waals surface area contributed by atoms with Gasteiger partial charge in [-0.1, -0.05) is 22.7 Å². The number of halogens is 2. The van der Waals surface area contributed by atoms with Crippen molar-refractivity contribution in [2.24, 2.45) is 46.3 Å². The van der Waals surface area contributed by atoms with Gasteiger partial charge in [0.25, 0.3) is 0 Å². The summed E-state index contributed by atoms with van der Waals surface area (Å²) in [4.78, 5) is 45.6. The van der Waals surface area contributed by atoms with Gasteiger partial charge in [0.2, 0.25) is 11.0 Å². The number of carbonyl (C=O) groups excluding carboxylic acids is 2. The molecule has 0 saturated heterocycles. The van der Waals surface area contributed by atoms with Crippen molar-refractivity contribution < 1.29 is 40.6 Å². The monoisotopic (exact) mass is 925 g/mol. The van der Waals surface area contributed by atoms with Crippen LogP contribution >= 0.6 is 35.1 Å². The molecule has 336 valence electrons. The summed E-state index contributed by atoms with van der Waals surface area (Å²) in [6.07, 6.45) is 19.6. The van der Waals surface area contributed by atoms with Crippen molar-refractivity contribution >= 4 is 58.7 Å². The first-order valence-corrected chi connectivity index (χ1v) is 24.0. The Morgan fingerprint density at radius 3 is 1.26 bits per heavy atom. The Morgan fingerprint density at radius 2 is 0.952 bits per heavy atom. The van der Waals surface area contributed by atoms with E-state index in [0.717, 1.165) is 98.0 Å². The maximum atomic E-state index is 13.0. The van der Waals surface area contributed by atoms with Crippen LogP contribution in [0.4, 0.5) is 11.6 Å². The van der Waals surface area contributed by atoms with Crippen LogP contribution in [0.2, 0.25) is 0 Å². The minimum absolute atomic E-state index is 0. The SMILES string of the molecule is Cc1ncc(C[n+]2csc(CCOC(=O)C34CC5CC(CC(C5)C3)C4)c2C)c(N)n1.Cc1ncc(C[n+]2csc(CCOC(=O)C34CC5CC(CC(C5)C3)C4)c2C)c(N)n1.Cl.[Cl-]. The van der Waals surface area contributed by atoms with Crippen LogP contribution in [-0.4, -0.2) is 45.1 Å². The summed E-state index contributed by atoms with van der Waals surface area (Å²) >= 11 is 3.41. The average Bonchev–Trinajstić information content (AvgIpc) is 3.72. The molecule has 8 aliphatic carbocycles. The molecule has 12 nitrogen and oxygen atoms in total. The number of carbonyl (C=O) groups is 2. The topological polar surface area (TPSA) is 164 Å². The molecule has 0 amide bonds. The van der Waals surface area contributed by atoms with E-state index in [0.29, 0.717) is 49.6 Å². The van der Waals surface area contributed by atoms with Gasteiger partial charge < -0.3 is 33.3 Å². The number of thiazole rings is 2. The van der Waals surface area contributed by atoms with Gasteiger partial charge in [-0.05, 0) is 126 Å². The molecule has 0 radical (unpaired) electrons. The van der Waals surface area contributed by atoms with E-state index in [2.05, 4.69) is 53.9 Å². The maximum absolute atomic E-state index is 13.0. The van der Waals surface area contributed by atoms with E-state index in [4.69, 9.17) is 20.9 Å². The highest BCUT2D eigenvalue weighted by atomic mass is 35.5. The molecule has 4 aromatic rings. The Kier molecular flexibility index (Phi) is 14.2. The van der Waals surface area contributed by atoms with Crippen LogP contribution in [0.1, 0.15) is 121 Å². The van der Waals surface area contributed by atoms with Crippen molar-refractivity contribution in [3.05, 3.63) is 67.3 Å². The lowest BCUT2D eigenvalue weighted by Gasteiger charge is -2.55. The highest BCUT2D eigenvalue weighted by molar-refractivity contribution is 7.09. The molecule has 12 rings (SSSR count). The number of rotatable bonds is 12. The Balaban J connectivity index is 0.000000181. The molecule has 0 atom stereocenters. The second-order valence-corrected chi connectivity index (χ2v) is 21.4. The summed E-state index contributed by atoms with van der Waals surface area (Å²) in [7, 11) is 0. The third kappa shape index (κ3) is 9.64. The summed E-state index contributed by atoms with van der Waals surface area (Å²) in [6, 6.07) is 0. The summed E-state index contributed by atoms with van der Waals surface area (Å²) in [6.45, 7) is 10.1. The van der Waals surface area contributed by atoms with Gasteiger partial charge in [-0.15, -0.1) is 12.4 Å². The van der Waals surface area contributed by atoms with E-state index in [-0.39, 0.29) is 47.6 Å². The van der Waals surface area contributed by atoms with Gasteiger partial charge >= 0.3 is 11.9 Å². The van der Waals surface area contributed by atoms with Crippen LogP contribution in [0, 0.1) is 74.0 Å². The van der Waals surface area contributed by atoms with Crippen molar-refractivity contribution in [1.82, 2.24) is 19.9 Å². The Bertz CT molecular complexity index is 2040. The van der Waals surface area contributed by atoms with Gasteiger partial charge in [0.15, 0.2) is 24.5 Å². The first-order valence-electron chi connectivity index (χ1n) is 22.3. The fourth-order valence-electron chi connectivity index (χ4n) is 12.8. The highest BCUT2D eigenvalue weighted by Crippen LogP contribution is 2.61. The molecule has 8 saturated carbocycles. The predicted octanol–water partition coefficient (Wildman–Crippen LogP) is 4.18. The number of ether oxygens (including phenoxy) is 2. The van der Waals surface area contributed by atoms with Crippen LogP contribution in [0.3, 0.4) is 0 Å². The zero-order chi connectivity index (χ0) is 41.8. The fourth-order valence-corrected chi connectivity index (χ4v) is 14.8. The van der Waals surface area contributed by atoms with Crippen LogP contribution in [0.25, 0.3) is 0 Å². The number of aromatic nitrogens is 6. The third-order valence-electron chi connectivity index (χ3n) is 15.1. The molecule has 4 heterocycles. The number of nitrogens with two attached hydrogens (primary N) is 2. The molecule has 16 heteroatoms.